The van der Waals surface area contributed by atoms with Crippen LogP contribution in [0.1, 0.15) is 12.5 Å². The Hall–Kier alpha value is -2.80. The monoisotopic (exact) mass is 371 g/mol. The summed E-state index contributed by atoms with van der Waals surface area (Å²) < 4.78 is 10.1. The Kier molecular flexibility index (Phi) is 4.99. The number of hydrogen-bond donors (Lipinski definition) is 0. The molecule has 7 heteroatoms. The number of nitrogens with zero attached hydrogens (tertiary/aromatic N) is 1. The number of esters is 1. The summed E-state index contributed by atoms with van der Waals surface area (Å²) in [5, 5.41) is 1.39. The molecule has 0 aliphatic carbocycles. The molecule has 2 aromatic rings. The fourth-order valence-electron chi connectivity index (χ4n) is 2.82. The number of ether oxygens (including phenoxy) is 2. The number of methoxy groups -OCH3 is 2. The lowest BCUT2D eigenvalue weighted by Gasteiger charge is -2.18. The highest BCUT2D eigenvalue weighted by atomic mass is 32.2. The molecule has 1 aliphatic rings. The zero-order valence-electron chi connectivity index (χ0n) is 14.5. The van der Waals surface area contributed by atoms with Gasteiger partial charge >= 0.3 is 5.97 Å². The van der Waals surface area contributed by atoms with E-state index in [0.717, 1.165) is 27.4 Å². The third kappa shape index (κ3) is 3.06. The number of carbonyl (C=O) groups excluding carboxylic acids is 3. The lowest BCUT2D eigenvalue weighted by atomic mass is 10.0. The second-order valence-electron chi connectivity index (χ2n) is 5.65. The SMILES string of the molecule is COC(=O)[C@H](C)N1C(=O)S/C(=C\c2c(OC)ccc3ccccc23)C1=O. The number of thioether (sulfide) groups is 1. The maximum absolute atomic E-state index is 12.7. The van der Waals surface area contributed by atoms with E-state index in [1.807, 2.05) is 36.4 Å². The smallest absolute Gasteiger partial charge is 0.328 e. The van der Waals surface area contributed by atoms with Gasteiger partial charge in [0.1, 0.15) is 11.8 Å². The van der Waals surface area contributed by atoms with Crippen molar-refractivity contribution in [2.45, 2.75) is 13.0 Å². The third-order valence-corrected chi connectivity index (χ3v) is 5.06. The molecule has 1 fully saturated rings. The Morgan fingerprint density at radius 1 is 1.15 bits per heavy atom. The summed E-state index contributed by atoms with van der Waals surface area (Å²) in [6.07, 6.45) is 1.63. The van der Waals surface area contributed by atoms with Gasteiger partial charge in [-0.2, -0.15) is 0 Å². The van der Waals surface area contributed by atoms with Gasteiger partial charge in [-0.3, -0.25) is 14.5 Å². The van der Waals surface area contributed by atoms with Crippen molar-refractivity contribution in [3.8, 4) is 5.75 Å². The molecule has 3 rings (SSSR count). The molecule has 0 radical (unpaired) electrons. The first-order valence-electron chi connectivity index (χ1n) is 7.88. The maximum Gasteiger partial charge on any atom is 0.328 e. The molecule has 26 heavy (non-hydrogen) atoms. The van der Waals surface area contributed by atoms with Crippen LogP contribution < -0.4 is 4.74 Å². The Balaban J connectivity index is 2.06. The highest BCUT2D eigenvalue weighted by molar-refractivity contribution is 8.18. The highest BCUT2D eigenvalue weighted by Crippen LogP contribution is 2.37. The van der Waals surface area contributed by atoms with Gasteiger partial charge in [0.25, 0.3) is 11.1 Å². The summed E-state index contributed by atoms with van der Waals surface area (Å²) in [7, 11) is 2.77. The molecule has 6 nitrogen and oxygen atoms in total. The number of rotatable bonds is 4. The summed E-state index contributed by atoms with van der Waals surface area (Å²) in [4.78, 5) is 37.8. The summed E-state index contributed by atoms with van der Waals surface area (Å²) >= 11 is 0.796. The summed E-state index contributed by atoms with van der Waals surface area (Å²) in [5.74, 6) is -0.569. The molecular formula is C19H17NO5S. The molecule has 0 spiro atoms. The molecule has 1 saturated heterocycles. The minimum Gasteiger partial charge on any atom is -0.496 e. The van der Waals surface area contributed by atoms with Crippen molar-refractivity contribution in [2.75, 3.05) is 14.2 Å². The summed E-state index contributed by atoms with van der Waals surface area (Å²) in [5.41, 5.74) is 0.710. The predicted octanol–water partition coefficient (Wildman–Crippen LogP) is 3.45. The average Bonchev–Trinajstić information content (AvgIpc) is 2.94. The fourth-order valence-corrected chi connectivity index (χ4v) is 3.71. The first kappa shape index (κ1) is 18.0. The van der Waals surface area contributed by atoms with Crippen LogP contribution in [0.5, 0.6) is 5.75 Å². The Labute approximate surface area is 154 Å². The molecular weight excluding hydrogens is 354 g/mol. The van der Waals surface area contributed by atoms with Crippen molar-refractivity contribution in [2.24, 2.45) is 0 Å². The Bertz CT molecular complexity index is 937. The van der Waals surface area contributed by atoms with Gasteiger partial charge in [-0.25, -0.2) is 4.79 Å². The van der Waals surface area contributed by atoms with Gasteiger partial charge in [0.2, 0.25) is 0 Å². The fraction of sp³-hybridized carbons (Fsp3) is 0.211. The topological polar surface area (TPSA) is 72.9 Å². The predicted molar refractivity (Wildman–Crippen MR) is 99.8 cm³/mol. The van der Waals surface area contributed by atoms with E-state index in [2.05, 4.69) is 4.74 Å². The first-order chi connectivity index (χ1) is 12.5. The van der Waals surface area contributed by atoms with E-state index < -0.39 is 23.2 Å². The second-order valence-corrected chi connectivity index (χ2v) is 6.65. The largest absolute Gasteiger partial charge is 0.496 e. The minimum atomic E-state index is -0.979. The van der Waals surface area contributed by atoms with Gasteiger partial charge in [-0.05, 0) is 41.6 Å². The zero-order chi connectivity index (χ0) is 18.8. The molecule has 1 heterocycles. The van der Waals surface area contributed by atoms with Crippen LogP contribution >= 0.6 is 11.8 Å². The van der Waals surface area contributed by atoms with Gasteiger partial charge in [0, 0.05) is 5.56 Å². The Morgan fingerprint density at radius 3 is 2.58 bits per heavy atom. The zero-order valence-corrected chi connectivity index (χ0v) is 15.3. The number of amides is 2. The van der Waals surface area contributed by atoms with Crippen LogP contribution in [-0.2, 0) is 14.3 Å². The van der Waals surface area contributed by atoms with Gasteiger partial charge in [0.05, 0.1) is 19.1 Å². The Morgan fingerprint density at radius 2 is 1.88 bits per heavy atom. The number of hydrogen-bond acceptors (Lipinski definition) is 6. The van der Waals surface area contributed by atoms with Crippen molar-refractivity contribution in [1.82, 2.24) is 4.90 Å². The molecule has 1 atom stereocenters. The molecule has 0 aromatic heterocycles. The molecule has 1 aliphatic heterocycles. The van der Waals surface area contributed by atoms with Crippen LogP contribution in [0.15, 0.2) is 41.3 Å². The third-order valence-electron chi connectivity index (χ3n) is 4.18. The van der Waals surface area contributed by atoms with E-state index in [0.29, 0.717) is 11.3 Å². The number of fused-ring (bicyclic) bond motifs is 1. The van der Waals surface area contributed by atoms with Crippen LogP contribution in [0.2, 0.25) is 0 Å². The van der Waals surface area contributed by atoms with Gasteiger partial charge in [-0.15, -0.1) is 0 Å². The van der Waals surface area contributed by atoms with Gasteiger partial charge in [0.15, 0.2) is 0 Å². The van der Waals surface area contributed by atoms with Crippen molar-refractivity contribution >= 4 is 45.7 Å². The molecule has 0 N–H and O–H groups in total. The molecule has 134 valence electrons. The molecule has 0 bridgehead atoms. The van der Waals surface area contributed by atoms with Crippen LogP contribution in [0.3, 0.4) is 0 Å². The van der Waals surface area contributed by atoms with E-state index in [1.165, 1.54) is 14.0 Å². The maximum atomic E-state index is 12.7. The molecule has 0 unspecified atom stereocenters. The standard InChI is InChI=1S/C19H17NO5S/c1-11(18(22)25-3)20-17(21)16(26-19(20)23)10-14-13-7-5-4-6-12(13)8-9-15(14)24-2/h4-11H,1-3H3/b16-10-/t11-/m0/s1. The number of carbonyl (C=O) groups is 3. The van der Waals surface area contributed by atoms with E-state index in [-0.39, 0.29) is 4.91 Å². The molecule has 0 saturated carbocycles. The lowest BCUT2D eigenvalue weighted by Crippen LogP contribution is -2.42. The van der Waals surface area contributed by atoms with Crippen LogP contribution in [0.25, 0.3) is 16.8 Å². The number of benzene rings is 2. The lowest BCUT2D eigenvalue weighted by molar-refractivity contribution is -0.148. The summed E-state index contributed by atoms with van der Waals surface area (Å²) in [6, 6.07) is 10.5. The normalized spacial score (nSPS) is 17.0. The van der Waals surface area contributed by atoms with Crippen LogP contribution in [0, 0.1) is 0 Å². The molecule has 2 amide bonds. The highest BCUT2D eigenvalue weighted by Gasteiger charge is 2.41. The van der Waals surface area contributed by atoms with E-state index >= 15 is 0 Å². The van der Waals surface area contributed by atoms with E-state index in [1.54, 1.807) is 13.2 Å². The number of imide groups is 1. The first-order valence-corrected chi connectivity index (χ1v) is 8.70. The molecule has 2 aromatic carbocycles. The quantitative estimate of drug-likeness (QED) is 0.605. The minimum absolute atomic E-state index is 0.236. The van der Waals surface area contributed by atoms with Crippen LogP contribution in [-0.4, -0.2) is 42.3 Å². The van der Waals surface area contributed by atoms with Crippen molar-refractivity contribution < 1.29 is 23.9 Å². The van der Waals surface area contributed by atoms with E-state index in [9.17, 15) is 14.4 Å². The average molecular weight is 371 g/mol. The second kappa shape index (κ2) is 7.21. The van der Waals surface area contributed by atoms with Crippen molar-refractivity contribution in [3.05, 3.63) is 46.9 Å². The van der Waals surface area contributed by atoms with Crippen molar-refractivity contribution in [3.63, 3.8) is 0 Å². The summed E-state index contributed by atoms with van der Waals surface area (Å²) in [6.45, 7) is 1.46. The van der Waals surface area contributed by atoms with Gasteiger partial charge in [-0.1, -0.05) is 30.3 Å². The van der Waals surface area contributed by atoms with E-state index in [4.69, 9.17) is 4.74 Å². The van der Waals surface area contributed by atoms with Crippen LogP contribution in [0.4, 0.5) is 4.79 Å². The van der Waals surface area contributed by atoms with Crippen molar-refractivity contribution in [1.29, 1.82) is 0 Å². The van der Waals surface area contributed by atoms with Gasteiger partial charge < -0.3 is 9.47 Å².